The van der Waals surface area contributed by atoms with Crippen molar-refractivity contribution in [2.75, 3.05) is 23.7 Å². The van der Waals surface area contributed by atoms with E-state index >= 15 is 0 Å². The van der Waals surface area contributed by atoms with Crippen molar-refractivity contribution >= 4 is 11.4 Å². The highest BCUT2D eigenvalue weighted by molar-refractivity contribution is 5.68. The van der Waals surface area contributed by atoms with E-state index in [0.717, 1.165) is 36.5 Å². The Morgan fingerprint density at radius 1 is 1.10 bits per heavy atom. The summed E-state index contributed by atoms with van der Waals surface area (Å²) < 4.78 is 0. The molecule has 4 nitrogen and oxygen atoms in total. The van der Waals surface area contributed by atoms with E-state index in [1.165, 1.54) is 0 Å². The van der Waals surface area contributed by atoms with Gasteiger partial charge in [-0.15, -0.1) is 0 Å². The fourth-order valence-corrected chi connectivity index (χ4v) is 2.26. The molecule has 0 bridgehead atoms. The molecule has 1 heterocycles. The number of rotatable bonds is 8. The normalized spacial score (nSPS) is 11.9. The van der Waals surface area contributed by atoms with Crippen LogP contribution in [-0.2, 0) is 6.42 Å². The monoisotopic (exact) mass is 284 g/mol. The minimum Gasteiger partial charge on any atom is -0.382 e. The summed E-state index contributed by atoms with van der Waals surface area (Å²) in [5.74, 6) is 0. The summed E-state index contributed by atoms with van der Waals surface area (Å²) in [7, 11) is 0. The van der Waals surface area contributed by atoms with Crippen molar-refractivity contribution in [1.29, 1.82) is 0 Å². The summed E-state index contributed by atoms with van der Waals surface area (Å²) in [5.41, 5.74) is 8.90. The van der Waals surface area contributed by atoms with Crippen LogP contribution in [0.4, 0.5) is 11.4 Å². The molecule has 0 aliphatic carbocycles. The van der Waals surface area contributed by atoms with Gasteiger partial charge in [-0.05, 0) is 30.7 Å². The summed E-state index contributed by atoms with van der Waals surface area (Å²) >= 11 is 0. The topological polar surface area (TPSA) is 63.0 Å². The Balaban J connectivity index is 2.04. The van der Waals surface area contributed by atoms with Crippen LogP contribution in [0, 0.1) is 0 Å². The molecule has 0 radical (unpaired) electrons. The molecule has 2 aromatic rings. The van der Waals surface area contributed by atoms with Crippen molar-refractivity contribution in [2.45, 2.75) is 25.8 Å². The molecule has 0 saturated carbocycles. The molecule has 0 amide bonds. The van der Waals surface area contributed by atoms with Crippen LogP contribution in [0.2, 0.25) is 0 Å². The molecule has 4 N–H and O–H groups in total. The minimum atomic E-state index is 0.362. The summed E-state index contributed by atoms with van der Waals surface area (Å²) in [6, 6.07) is 14.7. The summed E-state index contributed by atoms with van der Waals surface area (Å²) in [6.45, 7) is 3.59. The number of para-hydroxylation sites is 2. The van der Waals surface area contributed by atoms with Crippen LogP contribution < -0.4 is 16.4 Å². The number of hydrogen-bond donors (Lipinski definition) is 3. The molecule has 0 aliphatic rings. The highest BCUT2D eigenvalue weighted by atomic mass is 15.0. The first-order valence-electron chi connectivity index (χ1n) is 7.53. The Kier molecular flexibility index (Phi) is 6.03. The molecule has 112 valence electrons. The van der Waals surface area contributed by atoms with Crippen molar-refractivity contribution in [1.82, 2.24) is 4.98 Å². The van der Waals surface area contributed by atoms with Gasteiger partial charge in [0.05, 0.1) is 11.4 Å². The smallest absolute Gasteiger partial charge is 0.0578 e. The predicted octanol–water partition coefficient (Wildman–Crippen LogP) is 2.89. The summed E-state index contributed by atoms with van der Waals surface area (Å²) in [5, 5.41) is 6.96. The molecule has 1 aromatic carbocycles. The molecule has 21 heavy (non-hydrogen) atoms. The fraction of sp³-hybridized carbons (Fsp3) is 0.353. The van der Waals surface area contributed by atoms with Crippen LogP contribution in [0.5, 0.6) is 0 Å². The first kappa shape index (κ1) is 15.3. The van der Waals surface area contributed by atoms with Gasteiger partial charge >= 0.3 is 0 Å². The fourth-order valence-electron chi connectivity index (χ4n) is 2.26. The Bertz CT molecular complexity index is 527. The highest BCUT2D eigenvalue weighted by Gasteiger charge is 2.10. The van der Waals surface area contributed by atoms with Gasteiger partial charge in [0.15, 0.2) is 0 Å². The van der Waals surface area contributed by atoms with Crippen LogP contribution >= 0.6 is 0 Å². The van der Waals surface area contributed by atoms with Gasteiger partial charge in [-0.2, -0.15) is 0 Å². The van der Waals surface area contributed by atoms with Gasteiger partial charge in [0.25, 0.3) is 0 Å². The van der Waals surface area contributed by atoms with Gasteiger partial charge in [-0.25, -0.2) is 0 Å². The SMILES string of the molecule is CCC(Cc1ccccn1)Nc1ccccc1NCCN. The molecule has 0 fully saturated rings. The number of hydrogen-bond acceptors (Lipinski definition) is 4. The van der Waals surface area contributed by atoms with Gasteiger partial charge in [0.2, 0.25) is 0 Å². The molecule has 1 aromatic heterocycles. The number of nitrogens with two attached hydrogens (primary N) is 1. The molecule has 0 saturated heterocycles. The van der Waals surface area contributed by atoms with Gasteiger partial charge < -0.3 is 16.4 Å². The van der Waals surface area contributed by atoms with Crippen molar-refractivity contribution in [3.63, 3.8) is 0 Å². The first-order chi connectivity index (χ1) is 10.3. The Morgan fingerprint density at radius 2 is 1.86 bits per heavy atom. The van der Waals surface area contributed by atoms with Crippen LogP contribution in [-0.4, -0.2) is 24.1 Å². The second-order valence-corrected chi connectivity index (χ2v) is 5.04. The van der Waals surface area contributed by atoms with E-state index in [2.05, 4.69) is 40.7 Å². The molecule has 0 spiro atoms. The maximum atomic E-state index is 5.56. The second-order valence-electron chi connectivity index (χ2n) is 5.04. The van der Waals surface area contributed by atoms with E-state index in [0.29, 0.717) is 12.6 Å². The van der Waals surface area contributed by atoms with Crippen LogP contribution in [0.15, 0.2) is 48.7 Å². The zero-order chi connectivity index (χ0) is 14.9. The van der Waals surface area contributed by atoms with E-state index in [1.54, 1.807) is 0 Å². The molecular weight excluding hydrogens is 260 g/mol. The van der Waals surface area contributed by atoms with Crippen molar-refractivity contribution in [3.05, 3.63) is 54.4 Å². The molecule has 1 unspecified atom stereocenters. The number of anilines is 2. The van der Waals surface area contributed by atoms with Crippen LogP contribution in [0.3, 0.4) is 0 Å². The zero-order valence-corrected chi connectivity index (χ0v) is 12.5. The van der Waals surface area contributed by atoms with E-state index < -0.39 is 0 Å². The number of nitrogens with one attached hydrogen (secondary N) is 2. The third-order valence-electron chi connectivity index (χ3n) is 3.42. The minimum absolute atomic E-state index is 0.362. The maximum absolute atomic E-state index is 5.56. The number of aromatic nitrogens is 1. The van der Waals surface area contributed by atoms with Gasteiger partial charge in [-0.3, -0.25) is 4.98 Å². The zero-order valence-electron chi connectivity index (χ0n) is 12.5. The molecule has 4 heteroatoms. The first-order valence-corrected chi connectivity index (χ1v) is 7.53. The quantitative estimate of drug-likeness (QED) is 0.697. The number of benzene rings is 1. The third kappa shape index (κ3) is 4.76. The molecule has 0 aliphatic heterocycles. The van der Waals surface area contributed by atoms with Crippen molar-refractivity contribution in [2.24, 2.45) is 5.73 Å². The molecule has 2 rings (SSSR count). The van der Waals surface area contributed by atoms with Crippen LogP contribution in [0.25, 0.3) is 0 Å². The van der Waals surface area contributed by atoms with Gasteiger partial charge in [0.1, 0.15) is 0 Å². The third-order valence-corrected chi connectivity index (χ3v) is 3.42. The Morgan fingerprint density at radius 3 is 2.52 bits per heavy atom. The van der Waals surface area contributed by atoms with Crippen molar-refractivity contribution < 1.29 is 0 Å². The van der Waals surface area contributed by atoms with E-state index in [4.69, 9.17) is 5.73 Å². The van der Waals surface area contributed by atoms with E-state index in [1.807, 2.05) is 30.5 Å². The number of pyridine rings is 1. The van der Waals surface area contributed by atoms with E-state index in [9.17, 15) is 0 Å². The lowest BCUT2D eigenvalue weighted by Gasteiger charge is -2.20. The van der Waals surface area contributed by atoms with E-state index in [-0.39, 0.29) is 0 Å². The molecule has 1 atom stereocenters. The Labute approximate surface area is 126 Å². The lowest BCUT2D eigenvalue weighted by Crippen LogP contribution is -2.23. The molecular formula is C17H24N4. The average molecular weight is 284 g/mol. The predicted molar refractivity (Wildman–Crippen MR) is 89.6 cm³/mol. The average Bonchev–Trinajstić information content (AvgIpc) is 2.54. The van der Waals surface area contributed by atoms with Crippen molar-refractivity contribution in [3.8, 4) is 0 Å². The second kappa shape index (κ2) is 8.27. The summed E-state index contributed by atoms with van der Waals surface area (Å²) in [4.78, 5) is 4.41. The largest absolute Gasteiger partial charge is 0.382 e. The summed E-state index contributed by atoms with van der Waals surface area (Å²) in [6.07, 6.45) is 3.81. The lowest BCUT2D eigenvalue weighted by molar-refractivity contribution is 0.679. The maximum Gasteiger partial charge on any atom is 0.0578 e. The van der Waals surface area contributed by atoms with Gasteiger partial charge in [-0.1, -0.05) is 25.1 Å². The number of nitrogens with zero attached hydrogens (tertiary/aromatic N) is 1. The standard InChI is InChI=1S/C17H24N4/c1-2-14(13-15-7-5-6-11-19-15)21-17-9-4-3-8-16(17)20-12-10-18/h3-9,11,14,20-21H,2,10,12-13,18H2,1H3. The lowest BCUT2D eigenvalue weighted by atomic mass is 10.1. The highest BCUT2D eigenvalue weighted by Crippen LogP contribution is 2.22. The Hall–Kier alpha value is -2.07. The van der Waals surface area contributed by atoms with Gasteiger partial charge in [0, 0.05) is 37.4 Å². The van der Waals surface area contributed by atoms with Crippen LogP contribution in [0.1, 0.15) is 19.0 Å².